The van der Waals surface area contributed by atoms with Crippen LogP contribution >= 0.6 is 11.3 Å². The Morgan fingerprint density at radius 3 is 2.80 bits per heavy atom. The molecule has 1 N–H and O–H groups in total. The fraction of sp³-hybridized carbons (Fsp3) is 0.438. The highest BCUT2D eigenvalue weighted by Crippen LogP contribution is 2.21. The van der Waals surface area contributed by atoms with E-state index < -0.39 is 0 Å². The molecule has 2 aromatic rings. The molecule has 1 aromatic carbocycles. The molecule has 3 nitrogen and oxygen atoms in total. The molecule has 106 valence electrons. The van der Waals surface area contributed by atoms with E-state index in [1.807, 2.05) is 18.3 Å². The van der Waals surface area contributed by atoms with Crippen LogP contribution in [0.1, 0.15) is 35.2 Å². The Hall–Kier alpha value is -1.39. The number of aryl methyl sites for hydroxylation is 1. The van der Waals surface area contributed by atoms with E-state index in [-0.39, 0.29) is 0 Å². The molecule has 0 saturated heterocycles. The van der Waals surface area contributed by atoms with E-state index in [9.17, 15) is 0 Å². The summed E-state index contributed by atoms with van der Waals surface area (Å²) >= 11 is 1.73. The van der Waals surface area contributed by atoms with Crippen molar-refractivity contribution in [2.45, 2.75) is 45.4 Å². The Labute approximate surface area is 124 Å². The molecule has 1 heterocycles. The van der Waals surface area contributed by atoms with Crippen molar-refractivity contribution < 1.29 is 4.74 Å². The summed E-state index contributed by atoms with van der Waals surface area (Å²) in [6.45, 7) is 3.65. The lowest BCUT2D eigenvalue weighted by Crippen LogP contribution is -2.14. The maximum Gasteiger partial charge on any atom is 0.140 e. The summed E-state index contributed by atoms with van der Waals surface area (Å²) in [4.78, 5) is 5.71. The number of hydrogen-bond donors (Lipinski definition) is 1. The number of aromatic nitrogens is 1. The molecule has 3 rings (SSSR count). The third kappa shape index (κ3) is 3.81. The molecule has 4 heteroatoms. The van der Waals surface area contributed by atoms with Crippen LogP contribution in [-0.4, -0.2) is 11.0 Å². The minimum absolute atomic E-state index is 0.555. The van der Waals surface area contributed by atoms with Gasteiger partial charge in [0.25, 0.3) is 0 Å². The van der Waals surface area contributed by atoms with Crippen molar-refractivity contribution in [3.8, 4) is 5.75 Å². The molecule has 1 aromatic heterocycles. The lowest BCUT2D eigenvalue weighted by Gasteiger charge is -2.04. The monoisotopic (exact) mass is 288 g/mol. The fourth-order valence-corrected chi connectivity index (χ4v) is 2.78. The van der Waals surface area contributed by atoms with E-state index in [0.717, 1.165) is 29.8 Å². The molecule has 0 aliphatic heterocycles. The zero-order chi connectivity index (χ0) is 13.8. The molecule has 1 saturated carbocycles. The van der Waals surface area contributed by atoms with Gasteiger partial charge in [0.1, 0.15) is 17.4 Å². The highest BCUT2D eigenvalue weighted by atomic mass is 32.1. The molecule has 0 atom stereocenters. The predicted molar refractivity (Wildman–Crippen MR) is 82.1 cm³/mol. The molecule has 0 amide bonds. The molecule has 1 aliphatic rings. The average Bonchev–Trinajstić information content (AvgIpc) is 3.22. The van der Waals surface area contributed by atoms with Crippen molar-refractivity contribution in [2.75, 3.05) is 0 Å². The van der Waals surface area contributed by atoms with Crippen LogP contribution in [0.4, 0.5) is 0 Å². The van der Waals surface area contributed by atoms with Crippen molar-refractivity contribution >= 4 is 11.3 Å². The van der Waals surface area contributed by atoms with Crippen LogP contribution in [0.3, 0.4) is 0 Å². The third-order valence-electron chi connectivity index (χ3n) is 3.44. The molecular weight excluding hydrogens is 268 g/mol. The van der Waals surface area contributed by atoms with E-state index in [4.69, 9.17) is 4.74 Å². The van der Waals surface area contributed by atoms with Gasteiger partial charge in [-0.1, -0.05) is 19.1 Å². The van der Waals surface area contributed by atoms with Gasteiger partial charge in [-0.2, -0.15) is 0 Å². The largest absolute Gasteiger partial charge is 0.486 e. The maximum atomic E-state index is 5.77. The van der Waals surface area contributed by atoms with Gasteiger partial charge in [-0.15, -0.1) is 11.3 Å². The molecule has 0 unspecified atom stereocenters. The van der Waals surface area contributed by atoms with Crippen LogP contribution in [0, 0.1) is 0 Å². The zero-order valence-electron chi connectivity index (χ0n) is 11.8. The first-order valence-electron chi connectivity index (χ1n) is 7.22. The van der Waals surface area contributed by atoms with Crippen molar-refractivity contribution in [1.29, 1.82) is 0 Å². The minimum atomic E-state index is 0.555. The Morgan fingerprint density at radius 1 is 1.30 bits per heavy atom. The van der Waals surface area contributed by atoms with E-state index in [0.29, 0.717) is 6.61 Å². The SMILES string of the molecule is CCc1ccc(OCc2ncc(CNC3CC3)s2)cc1. The lowest BCUT2D eigenvalue weighted by molar-refractivity contribution is 0.305. The van der Waals surface area contributed by atoms with Crippen molar-refractivity contribution in [3.63, 3.8) is 0 Å². The van der Waals surface area contributed by atoms with Gasteiger partial charge in [-0.05, 0) is 37.0 Å². The van der Waals surface area contributed by atoms with Crippen LogP contribution in [0.15, 0.2) is 30.5 Å². The smallest absolute Gasteiger partial charge is 0.140 e. The second-order valence-corrected chi connectivity index (χ2v) is 6.36. The Morgan fingerprint density at radius 2 is 2.10 bits per heavy atom. The highest BCUT2D eigenvalue weighted by Gasteiger charge is 2.20. The quantitative estimate of drug-likeness (QED) is 0.846. The molecule has 0 spiro atoms. The molecule has 0 radical (unpaired) electrons. The van der Waals surface area contributed by atoms with Crippen molar-refractivity contribution in [2.24, 2.45) is 0 Å². The zero-order valence-corrected chi connectivity index (χ0v) is 12.6. The lowest BCUT2D eigenvalue weighted by atomic mass is 10.2. The summed E-state index contributed by atoms with van der Waals surface area (Å²) in [6, 6.07) is 9.03. The van der Waals surface area contributed by atoms with Crippen LogP contribution in [0.25, 0.3) is 0 Å². The van der Waals surface area contributed by atoms with Gasteiger partial charge in [0.15, 0.2) is 0 Å². The number of hydrogen-bond acceptors (Lipinski definition) is 4. The summed E-state index contributed by atoms with van der Waals surface area (Å²) < 4.78 is 5.77. The maximum absolute atomic E-state index is 5.77. The van der Waals surface area contributed by atoms with E-state index >= 15 is 0 Å². The van der Waals surface area contributed by atoms with Gasteiger partial charge in [0.2, 0.25) is 0 Å². The number of ether oxygens (including phenoxy) is 1. The van der Waals surface area contributed by atoms with Crippen molar-refractivity contribution in [1.82, 2.24) is 10.3 Å². The number of nitrogens with one attached hydrogen (secondary N) is 1. The standard InChI is InChI=1S/C16H20N2OS/c1-2-12-3-7-14(8-4-12)19-11-16-18-10-15(20-16)9-17-13-5-6-13/h3-4,7-8,10,13,17H,2,5-6,9,11H2,1H3. The normalized spacial score (nSPS) is 14.4. The summed E-state index contributed by atoms with van der Waals surface area (Å²) in [5.41, 5.74) is 1.33. The van der Waals surface area contributed by atoms with Gasteiger partial charge in [-0.3, -0.25) is 0 Å². The topological polar surface area (TPSA) is 34.1 Å². The molecule has 20 heavy (non-hydrogen) atoms. The van der Waals surface area contributed by atoms with Gasteiger partial charge in [0, 0.05) is 23.7 Å². The van der Waals surface area contributed by atoms with Gasteiger partial charge < -0.3 is 10.1 Å². The van der Waals surface area contributed by atoms with E-state index in [1.165, 1.54) is 23.3 Å². The first-order chi connectivity index (χ1) is 9.83. The Kier molecular flexibility index (Phi) is 4.33. The summed E-state index contributed by atoms with van der Waals surface area (Å²) in [5, 5.41) is 4.54. The Bertz CT molecular complexity index is 546. The molecule has 1 fully saturated rings. The molecular formula is C16H20N2OS. The van der Waals surface area contributed by atoms with Gasteiger partial charge in [0.05, 0.1) is 0 Å². The number of thiazole rings is 1. The van der Waals surface area contributed by atoms with Crippen LogP contribution in [0.5, 0.6) is 5.75 Å². The summed E-state index contributed by atoms with van der Waals surface area (Å²) in [6.07, 6.45) is 5.66. The average molecular weight is 288 g/mol. The second-order valence-electron chi connectivity index (χ2n) is 5.16. The number of nitrogens with zero attached hydrogens (tertiary/aromatic N) is 1. The highest BCUT2D eigenvalue weighted by molar-refractivity contribution is 7.11. The van der Waals surface area contributed by atoms with E-state index in [2.05, 4.69) is 29.4 Å². The predicted octanol–water partition coefficient (Wildman–Crippen LogP) is 3.54. The Balaban J connectivity index is 1.49. The van der Waals surface area contributed by atoms with E-state index in [1.54, 1.807) is 11.3 Å². The number of rotatable bonds is 7. The number of benzene rings is 1. The summed E-state index contributed by atoms with van der Waals surface area (Å²) in [7, 11) is 0. The van der Waals surface area contributed by atoms with Gasteiger partial charge in [-0.25, -0.2) is 4.98 Å². The fourth-order valence-electron chi connectivity index (χ4n) is 2.00. The van der Waals surface area contributed by atoms with Crippen molar-refractivity contribution in [3.05, 3.63) is 45.9 Å². The van der Waals surface area contributed by atoms with Crippen LogP contribution in [-0.2, 0) is 19.6 Å². The molecule has 1 aliphatic carbocycles. The minimum Gasteiger partial charge on any atom is -0.486 e. The first-order valence-corrected chi connectivity index (χ1v) is 8.04. The summed E-state index contributed by atoms with van der Waals surface area (Å²) in [5.74, 6) is 0.912. The van der Waals surface area contributed by atoms with Crippen LogP contribution < -0.4 is 10.1 Å². The van der Waals surface area contributed by atoms with Gasteiger partial charge >= 0.3 is 0 Å². The molecule has 0 bridgehead atoms. The second kappa shape index (κ2) is 6.37. The third-order valence-corrected chi connectivity index (χ3v) is 4.41. The first kappa shape index (κ1) is 13.6. The van der Waals surface area contributed by atoms with Crippen LogP contribution in [0.2, 0.25) is 0 Å².